The Balaban J connectivity index is 2.14. The van der Waals surface area contributed by atoms with Crippen LogP contribution < -0.4 is 0 Å². The van der Waals surface area contributed by atoms with Gasteiger partial charge in [-0.15, -0.1) is 5.10 Å². The molecule has 0 aromatic carbocycles. The maximum absolute atomic E-state index is 11.2. The van der Waals surface area contributed by atoms with Crippen molar-refractivity contribution in [3.05, 3.63) is 41.7 Å². The number of aryl methyl sites for hydroxylation is 1. The maximum Gasteiger partial charge on any atom is 0.377 e. The van der Waals surface area contributed by atoms with E-state index in [0.717, 1.165) is 11.4 Å². The van der Waals surface area contributed by atoms with Gasteiger partial charge in [0.1, 0.15) is 6.33 Å². The molecule has 0 spiro atoms. The molecular weight excluding hydrogens is 220 g/mol. The second-order valence-corrected chi connectivity index (χ2v) is 3.53. The lowest BCUT2D eigenvalue weighted by molar-refractivity contribution is 0.0586. The fourth-order valence-electron chi connectivity index (χ4n) is 1.41. The lowest BCUT2D eigenvalue weighted by Crippen LogP contribution is -2.07. The van der Waals surface area contributed by atoms with Crippen LogP contribution in [0, 0.1) is 6.92 Å². The Kier molecular flexibility index (Phi) is 3.13. The van der Waals surface area contributed by atoms with E-state index in [1.54, 1.807) is 4.68 Å². The summed E-state index contributed by atoms with van der Waals surface area (Å²) in [4.78, 5) is 19.4. The molecule has 2 heterocycles. The van der Waals surface area contributed by atoms with Gasteiger partial charge in [-0.25, -0.2) is 14.5 Å². The highest BCUT2D eigenvalue weighted by atomic mass is 16.5. The Morgan fingerprint density at radius 2 is 2.29 bits per heavy atom. The second kappa shape index (κ2) is 4.73. The number of hydrogen-bond acceptors (Lipinski definition) is 5. The van der Waals surface area contributed by atoms with Crippen LogP contribution in [-0.4, -0.2) is 32.8 Å². The third-order valence-corrected chi connectivity index (χ3v) is 2.17. The predicted molar refractivity (Wildman–Crippen MR) is 59.4 cm³/mol. The van der Waals surface area contributed by atoms with Crippen molar-refractivity contribution in [3.8, 4) is 0 Å². The van der Waals surface area contributed by atoms with Gasteiger partial charge < -0.3 is 4.74 Å². The number of carbonyl (C=O) groups excluding carboxylic acids is 1. The Bertz CT molecular complexity index is 536. The molecule has 2 aromatic heterocycles. The van der Waals surface area contributed by atoms with E-state index in [1.807, 2.05) is 25.1 Å². The van der Waals surface area contributed by atoms with Gasteiger partial charge in [-0.05, 0) is 19.1 Å². The van der Waals surface area contributed by atoms with Crippen LogP contribution in [0.25, 0.3) is 0 Å². The van der Waals surface area contributed by atoms with E-state index in [1.165, 1.54) is 13.4 Å². The van der Waals surface area contributed by atoms with E-state index < -0.39 is 5.97 Å². The number of carbonyl (C=O) groups is 1. The van der Waals surface area contributed by atoms with Crippen molar-refractivity contribution < 1.29 is 9.53 Å². The van der Waals surface area contributed by atoms with Crippen molar-refractivity contribution >= 4 is 5.97 Å². The third kappa shape index (κ3) is 2.66. The molecule has 0 fully saturated rings. The van der Waals surface area contributed by atoms with Crippen molar-refractivity contribution in [3.63, 3.8) is 0 Å². The van der Waals surface area contributed by atoms with E-state index in [2.05, 4.69) is 19.8 Å². The molecule has 0 saturated carbocycles. The summed E-state index contributed by atoms with van der Waals surface area (Å²) in [6, 6.07) is 5.74. The molecule has 88 valence electrons. The molecule has 0 bridgehead atoms. The average Bonchev–Trinajstić information content (AvgIpc) is 2.76. The zero-order chi connectivity index (χ0) is 12.3. The quantitative estimate of drug-likeness (QED) is 0.732. The van der Waals surface area contributed by atoms with Gasteiger partial charge in [0.15, 0.2) is 0 Å². The molecule has 6 heteroatoms. The van der Waals surface area contributed by atoms with Gasteiger partial charge >= 0.3 is 5.97 Å². The average molecular weight is 232 g/mol. The molecule has 0 aliphatic heterocycles. The largest absolute Gasteiger partial charge is 0.463 e. The fourth-order valence-corrected chi connectivity index (χ4v) is 1.41. The topological polar surface area (TPSA) is 69.9 Å². The van der Waals surface area contributed by atoms with Crippen molar-refractivity contribution in [2.75, 3.05) is 7.11 Å². The van der Waals surface area contributed by atoms with E-state index >= 15 is 0 Å². The SMILES string of the molecule is COC(=O)c1ncn(Cc2cccc(C)n2)n1. The van der Waals surface area contributed by atoms with Crippen LogP contribution in [0.5, 0.6) is 0 Å². The standard InChI is InChI=1S/C11H12N4O2/c1-8-4-3-5-9(13-8)6-15-7-12-10(14-15)11(16)17-2/h3-5,7H,6H2,1-2H3. The van der Waals surface area contributed by atoms with Gasteiger partial charge in [-0.1, -0.05) is 6.07 Å². The summed E-state index contributed by atoms with van der Waals surface area (Å²) in [7, 11) is 1.30. The van der Waals surface area contributed by atoms with Crippen LogP contribution in [0.2, 0.25) is 0 Å². The first-order valence-electron chi connectivity index (χ1n) is 5.09. The molecule has 0 radical (unpaired) electrons. The first-order valence-corrected chi connectivity index (χ1v) is 5.09. The van der Waals surface area contributed by atoms with Gasteiger partial charge in [0, 0.05) is 5.69 Å². The highest BCUT2D eigenvalue weighted by Crippen LogP contribution is 2.01. The van der Waals surface area contributed by atoms with E-state index in [0.29, 0.717) is 6.54 Å². The number of methoxy groups -OCH3 is 1. The summed E-state index contributed by atoms with van der Waals surface area (Å²) >= 11 is 0. The van der Waals surface area contributed by atoms with Crippen LogP contribution >= 0.6 is 0 Å². The van der Waals surface area contributed by atoms with E-state index in [9.17, 15) is 4.79 Å². The van der Waals surface area contributed by atoms with Gasteiger partial charge in [-0.2, -0.15) is 0 Å². The molecule has 17 heavy (non-hydrogen) atoms. The zero-order valence-electron chi connectivity index (χ0n) is 9.62. The van der Waals surface area contributed by atoms with Gasteiger partial charge in [-0.3, -0.25) is 4.98 Å². The molecule has 0 amide bonds. The van der Waals surface area contributed by atoms with Crippen LogP contribution in [0.3, 0.4) is 0 Å². The normalized spacial score (nSPS) is 10.2. The summed E-state index contributed by atoms with van der Waals surface area (Å²) in [6.07, 6.45) is 1.48. The summed E-state index contributed by atoms with van der Waals surface area (Å²) in [6.45, 7) is 2.40. The van der Waals surface area contributed by atoms with Gasteiger partial charge in [0.05, 0.1) is 19.3 Å². The number of ether oxygens (including phenoxy) is 1. The third-order valence-electron chi connectivity index (χ3n) is 2.17. The highest BCUT2D eigenvalue weighted by molar-refractivity contribution is 5.84. The molecule has 0 N–H and O–H groups in total. The number of esters is 1. The molecule has 2 rings (SSSR count). The minimum absolute atomic E-state index is 0.0557. The molecule has 6 nitrogen and oxygen atoms in total. The predicted octanol–water partition coefficient (Wildman–Crippen LogP) is 0.816. The molecule has 0 unspecified atom stereocenters. The number of pyridine rings is 1. The van der Waals surface area contributed by atoms with Crippen molar-refractivity contribution in [1.82, 2.24) is 19.7 Å². The minimum Gasteiger partial charge on any atom is -0.463 e. The summed E-state index contributed by atoms with van der Waals surface area (Å²) in [5.41, 5.74) is 1.81. The first-order chi connectivity index (χ1) is 8.19. The molecule has 0 atom stereocenters. The molecule has 0 saturated heterocycles. The van der Waals surface area contributed by atoms with Crippen LogP contribution in [0.4, 0.5) is 0 Å². The number of rotatable bonds is 3. The van der Waals surface area contributed by atoms with Crippen LogP contribution in [0.15, 0.2) is 24.5 Å². The van der Waals surface area contributed by atoms with Crippen LogP contribution in [-0.2, 0) is 11.3 Å². The van der Waals surface area contributed by atoms with Crippen LogP contribution in [0.1, 0.15) is 22.0 Å². The molecule has 0 aliphatic carbocycles. The highest BCUT2D eigenvalue weighted by Gasteiger charge is 2.11. The second-order valence-electron chi connectivity index (χ2n) is 3.53. The van der Waals surface area contributed by atoms with E-state index in [4.69, 9.17) is 0 Å². The molecule has 2 aromatic rings. The van der Waals surface area contributed by atoms with Crippen molar-refractivity contribution in [1.29, 1.82) is 0 Å². The van der Waals surface area contributed by atoms with E-state index in [-0.39, 0.29) is 5.82 Å². The lowest BCUT2D eigenvalue weighted by atomic mass is 10.3. The van der Waals surface area contributed by atoms with Gasteiger partial charge in [0.2, 0.25) is 0 Å². The Morgan fingerprint density at radius 3 is 3.00 bits per heavy atom. The summed E-state index contributed by atoms with van der Waals surface area (Å²) in [5.74, 6) is -0.485. The monoisotopic (exact) mass is 232 g/mol. The Hall–Kier alpha value is -2.24. The van der Waals surface area contributed by atoms with Gasteiger partial charge in [0.25, 0.3) is 5.82 Å². The lowest BCUT2D eigenvalue weighted by Gasteiger charge is -2.00. The number of hydrogen-bond donors (Lipinski definition) is 0. The maximum atomic E-state index is 11.2. The molecular formula is C11H12N4O2. The molecule has 0 aliphatic rings. The number of nitrogens with zero attached hydrogens (tertiary/aromatic N) is 4. The minimum atomic E-state index is -0.541. The first kappa shape index (κ1) is 11.3. The summed E-state index contributed by atoms with van der Waals surface area (Å²) in [5, 5.41) is 4.00. The Morgan fingerprint density at radius 1 is 1.47 bits per heavy atom. The zero-order valence-corrected chi connectivity index (χ0v) is 9.62. The van der Waals surface area contributed by atoms with Crippen molar-refractivity contribution in [2.45, 2.75) is 13.5 Å². The fraction of sp³-hybridized carbons (Fsp3) is 0.273. The van der Waals surface area contributed by atoms with Crippen molar-refractivity contribution in [2.24, 2.45) is 0 Å². The summed E-state index contributed by atoms with van der Waals surface area (Å²) < 4.78 is 6.08. The number of aromatic nitrogens is 4. The smallest absolute Gasteiger partial charge is 0.377 e. The Labute approximate surface area is 98.3 Å².